The van der Waals surface area contributed by atoms with Gasteiger partial charge in [-0.15, -0.1) is 0 Å². The topological polar surface area (TPSA) is 50.7 Å². The van der Waals surface area contributed by atoms with Gasteiger partial charge in [0.25, 0.3) is 0 Å². The van der Waals surface area contributed by atoms with Crippen LogP contribution in [0, 0.1) is 5.92 Å². The number of hydrogen-bond acceptors (Lipinski definition) is 3. The van der Waals surface area contributed by atoms with Gasteiger partial charge in [-0.1, -0.05) is 12.1 Å². The van der Waals surface area contributed by atoms with Gasteiger partial charge in [-0.3, -0.25) is 4.79 Å². The largest absolute Gasteiger partial charge is 0.490 e. The number of amides is 1. The second-order valence-corrected chi connectivity index (χ2v) is 4.71. The monoisotopic (exact) mass is 246 g/mol. The fraction of sp³-hybridized carbons (Fsp3) is 0.429. The molecule has 96 valence electrons. The molecule has 0 atom stereocenters. The number of hydrazone groups is 1. The zero-order valence-corrected chi connectivity index (χ0v) is 10.7. The number of carbonyl (C=O) groups excluding carboxylic acids is 1. The van der Waals surface area contributed by atoms with E-state index in [2.05, 4.69) is 10.5 Å². The van der Waals surface area contributed by atoms with Crippen molar-refractivity contribution in [2.24, 2.45) is 11.0 Å². The van der Waals surface area contributed by atoms with Crippen molar-refractivity contribution < 1.29 is 9.53 Å². The first-order valence-corrected chi connectivity index (χ1v) is 6.25. The van der Waals surface area contributed by atoms with Crippen molar-refractivity contribution in [3.63, 3.8) is 0 Å². The summed E-state index contributed by atoms with van der Waals surface area (Å²) in [6.45, 7) is 3.95. The van der Waals surface area contributed by atoms with Crippen molar-refractivity contribution in [3.8, 4) is 5.75 Å². The second-order valence-electron chi connectivity index (χ2n) is 4.71. The minimum absolute atomic E-state index is 0.00788. The molecule has 1 saturated carbocycles. The van der Waals surface area contributed by atoms with Gasteiger partial charge in [-0.05, 0) is 38.8 Å². The zero-order valence-electron chi connectivity index (χ0n) is 10.7. The summed E-state index contributed by atoms with van der Waals surface area (Å²) in [6.07, 6.45) is 3.70. The SMILES string of the molecule is CC(C)Oc1ccccc1/C=N\NC(=O)C1CC1. The highest BCUT2D eigenvalue weighted by molar-refractivity contribution is 5.86. The maximum absolute atomic E-state index is 11.4. The number of benzene rings is 1. The summed E-state index contributed by atoms with van der Waals surface area (Å²) in [7, 11) is 0. The summed E-state index contributed by atoms with van der Waals surface area (Å²) >= 11 is 0. The molecule has 1 aliphatic rings. The molecule has 0 spiro atoms. The van der Waals surface area contributed by atoms with Crippen LogP contribution in [0.4, 0.5) is 0 Å². The van der Waals surface area contributed by atoms with E-state index in [1.54, 1.807) is 6.21 Å². The number of carbonyl (C=O) groups is 1. The lowest BCUT2D eigenvalue weighted by Gasteiger charge is -2.11. The van der Waals surface area contributed by atoms with Gasteiger partial charge >= 0.3 is 0 Å². The number of hydrogen-bond donors (Lipinski definition) is 1. The van der Waals surface area contributed by atoms with Crippen LogP contribution in [-0.4, -0.2) is 18.2 Å². The third-order valence-corrected chi connectivity index (χ3v) is 2.61. The maximum Gasteiger partial charge on any atom is 0.243 e. The Morgan fingerprint density at radius 1 is 1.44 bits per heavy atom. The van der Waals surface area contributed by atoms with E-state index < -0.39 is 0 Å². The van der Waals surface area contributed by atoms with Crippen molar-refractivity contribution in [1.82, 2.24) is 5.43 Å². The standard InChI is InChI=1S/C14H18N2O2/c1-10(2)18-13-6-4-3-5-12(13)9-15-16-14(17)11-7-8-11/h3-6,9-11H,7-8H2,1-2H3,(H,16,17)/b15-9-. The van der Waals surface area contributed by atoms with Crippen LogP contribution in [-0.2, 0) is 4.79 Å². The Balaban J connectivity index is 1.98. The lowest BCUT2D eigenvalue weighted by molar-refractivity contribution is -0.122. The van der Waals surface area contributed by atoms with Gasteiger partial charge in [0.15, 0.2) is 0 Å². The first-order chi connectivity index (χ1) is 8.66. The van der Waals surface area contributed by atoms with Crippen LogP contribution < -0.4 is 10.2 Å². The first kappa shape index (κ1) is 12.6. The van der Waals surface area contributed by atoms with Crippen molar-refractivity contribution in [3.05, 3.63) is 29.8 Å². The van der Waals surface area contributed by atoms with Gasteiger partial charge in [-0.2, -0.15) is 5.10 Å². The number of nitrogens with zero attached hydrogens (tertiary/aromatic N) is 1. The van der Waals surface area contributed by atoms with E-state index in [-0.39, 0.29) is 17.9 Å². The lowest BCUT2D eigenvalue weighted by Crippen LogP contribution is -2.19. The minimum Gasteiger partial charge on any atom is -0.490 e. The van der Waals surface area contributed by atoms with Crippen LogP contribution in [0.5, 0.6) is 5.75 Å². The van der Waals surface area contributed by atoms with Crippen LogP contribution in [0.25, 0.3) is 0 Å². The number of ether oxygens (including phenoxy) is 1. The third-order valence-electron chi connectivity index (χ3n) is 2.61. The Morgan fingerprint density at radius 3 is 2.83 bits per heavy atom. The van der Waals surface area contributed by atoms with Crippen LogP contribution in [0.2, 0.25) is 0 Å². The lowest BCUT2D eigenvalue weighted by atomic mass is 10.2. The summed E-state index contributed by atoms with van der Waals surface area (Å²) in [5.74, 6) is 0.953. The van der Waals surface area contributed by atoms with E-state index in [0.29, 0.717) is 0 Å². The molecule has 2 rings (SSSR count). The fourth-order valence-electron chi connectivity index (χ4n) is 1.55. The van der Waals surface area contributed by atoms with Crippen LogP contribution in [0.1, 0.15) is 32.3 Å². The smallest absolute Gasteiger partial charge is 0.243 e. The van der Waals surface area contributed by atoms with Crippen molar-refractivity contribution >= 4 is 12.1 Å². The van der Waals surface area contributed by atoms with Crippen molar-refractivity contribution in [2.75, 3.05) is 0 Å². The Hall–Kier alpha value is -1.84. The Bertz CT molecular complexity index is 451. The second kappa shape index (κ2) is 5.67. The number of nitrogens with one attached hydrogen (secondary N) is 1. The summed E-state index contributed by atoms with van der Waals surface area (Å²) in [5, 5.41) is 3.97. The fourth-order valence-corrected chi connectivity index (χ4v) is 1.55. The van der Waals surface area contributed by atoms with Crippen molar-refractivity contribution in [1.29, 1.82) is 0 Å². The molecular formula is C14H18N2O2. The zero-order chi connectivity index (χ0) is 13.0. The van der Waals surface area contributed by atoms with Gasteiger partial charge in [0.1, 0.15) is 5.75 Å². The van der Waals surface area contributed by atoms with Crippen molar-refractivity contribution in [2.45, 2.75) is 32.8 Å². The molecule has 4 nitrogen and oxygen atoms in total. The average Bonchev–Trinajstić information content (AvgIpc) is 3.14. The van der Waals surface area contributed by atoms with Crippen LogP contribution in [0.15, 0.2) is 29.4 Å². The first-order valence-electron chi connectivity index (χ1n) is 6.25. The van der Waals surface area contributed by atoms with E-state index in [0.717, 1.165) is 24.2 Å². The van der Waals surface area contributed by atoms with Gasteiger partial charge < -0.3 is 4.74 Å². The molecule has 18 heavy (non-hydrogen) atoms. The molecule has 4 heteroatoms. The van der Waals surface area contributed by atoms with E-state index in [1.807, 2.05) is 38.1 Å². The van der Waals surface area contributed by atoms with Gasteiger partial charge in [-0.25, -0.2) is 5.43 Å². The Kier molecular flexibility index (Phi) is 3.97. The molecule has 0 unspecified atom stereocenters. The molecule has 0 heterocycles. The van der Waals surface area contributed by atoms with Crippen LogP contribution >= 0.6 is 0 Å². The molecule has 1 aromatic carbocycles. The Labute approximate surface area is 107 Å². The molecule has 0 aromatic heterocycles. The molecule has 0 aliphatic heterocycles. The van der Waals surface area contributed by atoms with Gasteiger partial charge in [0, 0.05) is 11.5 Å². The van der Waals surface area contributed by atoms with E-state index >= 15 is 0 Å². The minimum atomic E-state index is 0.00788. The van der Waals surface area contributed by atoms with Gasteiger partial charge in [0.05, 0.1) is 12.3 Å². The van der Waals surface area contributed by atoms with E-state index in [4.69, 9.17) is 4.74 Å². The number of para-hydroxylation sites is 1. The molecule has 0 radical (unpaired) electrons. The highest BCUT2D eigenvalue weighted by atomic mass is 16.5. The quantitative estimate of drug-likeness (QED) is 0.640. The molecule has 1 aliphatic carbocycles. The highest BCUT2D eigenvalue weighted by Crippen LogP contribution is 2.28. The predicted octanol–water partition coefficient (Wildman–Crippen LogP) is 2.33. The molecular weight excluding hydrogens is 228 g/mol. The molecule has 1 aromatic rings. The molecule has 1 fully saturated rings. The van der Waals surface area contributed by atoms with Gasteiger partial charge in [0.2, 0.25) is 5.91 Å². The predicted molar refractivity (Wildman–Crippen MR) is 70.7 cm³/mol. The summed E-state index contributed by atoms with van der Waals surface area (Å²) in [6, 6.07) is 7.63. The molecule has 0 saturated heterocycles. The average molecular weight is 246 g/mol. The van der Waals surface area contributed by atoms with E-state index in [9.17, 15) is 4.79 Å². The molecule has 1 amide bonds. The van der Waals surface area contributed by atoms with E-state index in [1.165, 1.54) is 0 Å². The highest BCUT2D eigenvalue weighted by Gasteiger charge is 2.29. The molecule has 0 bridgehead atoms. The normalized spacial score (nSPS) is 15.1. The third kappa shape index (κ3) is 3.58. The molecule has 1 N–H and O–H groups in total. The summed E-state index contributed by atoms with van der Waals surface area (Å²) < 4.78 is 5.66. The summed E-state index contributed by atoms with van der Waals surface area (Å²) in [5.41, 5.74) is 3.41. The Morgan fingerprint density at radius 2 is 2.17 bits per heavy atom. The number of rotatable bonds is 5. The summed E-state index contributed by atoms with van der Waals surface area (Å²) in [4.78, 5) is 11.4. The van der Waals surface area contributed by atoms with Crippen LogP contribution in [0.3, 0.4) is 0 Å². The maximum atomic E-state index is 11.4.